The molecule has 0 spiro atoms. The van der Waals surface area contributed by atoms with Gasteiger partial charge >= 0.3 is 11.9 Å². The molecule has 4 aliphatic carbocycles. The molecule has 6 nitrogen and oxygen atoms in total. The van der Waals surface area contributed by atoms with E-state index in [1.165, 1.54) is 0 Å². The minimum absolute atomic E-state index is 0.0771. The number of aryl methyl sites for hydroxylation is 1. The van der Waals surface area contributed by atoms with Gasteiger partial charge in [-0.25, -0.2) is 0 Å². The third kappa shape index (κ3) is 2.34. The Kier molecular flexibility index (Phi) is 4.12. The first-order valence-electron chi connectivity index (χ1n) is 11.1. The highest BCUT2D eigenvalue weighted by molar-refractivity contribution is 5.77. The van der Waals surface area contributed by atoms with Crippen molar-refractivity contribution in [1.82, 2.24) is 0 Å². The van der Waals surface area contributed by atoms with E-state index in [9.17, 15) is 30.0 Å². The Morgan fingerprint density at radius 1 is 1.00 bits per heavy atom. The van der Waals surface area contributed by atoms with E-state index in [0.717, 1.165) is 62.5 Å². The van der Waals surface area contributed by atoms with Crippen molar-refractivity contribution in [3.05, 3.63) is 28.3 Å². The summed E-state index contributed by atoms with van der Waals surface area (Å²) in [4.78, 5) is 23.2. The maximum atomic E-state index is 11.7. The van der Waals surface area contributed by atoms with Crippen molar-refractivity contribution >= 4 is 11.9 Å². The van der Waals surface area contributed by atoms with Gasteiger partial charge in [0, 0.05) is 11.0 Å². The van der Waals surface area contributed by atoms with Gasteiger partial charge in [0.15, 0.2) is 0 Å². The highest BCUT2D eigenvalue weighted by atomic mass is 16.4. The van der Waals surface area contributed by atoms with E-state index in [4.69, 9.17) is 0 Å². The number of aliphatic hydroxyl groups is 1. The van der Waals surface area contributed by atoms with Crippen molar-refractivity contribution in [3.63, 3.8) is 0 Å². The van der Waals surface area contributed by atoms with E-state index in [1.807, 2.05) is 0 Å². The lowest BCUT2D eigenvalue weighted by Gasteiger charge is -2.57. The summed E-state index contributed by atoms with van der Waals surface area (Å²) in [5.41, 5.74) is 2.14. The molecule has 4 aliphatic rings. The Morgan fingerprint density at radius 2 is 1.63 bits per heavy atom. The van der Waals surface area contributed by atoms with Crippen molar-refractivity contribution in [2.45, 2.75) is 82.7 Å². The maximum Gasteiger partial charge on any atom is 0.307 e. The van der Waals surface area contributed by atoms with Crippen LogP contribution in [-0.4, -0.2) is 38.0 Å². The number of rotatable bonds is 4. The van der Waals surface area contributed by atoms with Crippen LogP contribution in [0.15, 0.2) is 6.07 Å². The van der Waals surface area contributed by atoms with Gasteiger partial charge in [-0.1, -0.05) is 6.92 Å². The van der Waals surface area contributed by atoms with E-state index in [0.29, 0.717) is 11.5 Å². The van der Waals surface area contributed by atoms with Crippen LogP contribution in [0.2, 0.25) is 0 Å². The number of carboxylic acid groups (broad SMARTS) is 2. The molecule has 4 N–H and O–H groups in total. The van der Waals surface area contributed by atoms with E-state index < -0.39 is 17.5 Å². The maximum absolute atomic E-state index is 11.7. The zero-order valence-electron chi connectivity index (χ0n) is 17.4. The Hall–Kier alpha value is -2.08. The molecule has 0 aromatic heterocycles. The number of aliphatic carboxylic acids is 2. The molecule has 1 aromatic carbocycles. The zero-order valence-corrected chi connectivity index (χ0v) is 17.4. The number of hydrogen-bond acceptors (Lipinski definition) is 4. The van der Waals surface area contributed by atoms with Gasteiger partial charge in [-0.2, -0.15) is 0 Å². The predicted octanol–water partition coefficient (Wildman–Crippen LogP) is 3.40. The molecule has 162 valence electrons. The van der Waals surface area contributed by atoms with Crippen LogP contribution in [-0.2, 0) is 28.9 Å². The molecular formula is C24H30O6. The van der Waals surface area contributed by atoms with Crippen LogP contribution in [0.1, 0.15) is 80.0 Å². The Labute approximate surface area is 175 Å². The SMILES string of the molecule is C[C@]12CC[C@@H]3c4c(cc(O)c(CC(=O)O)c4CC(=O)O)CC[C@H]3C13CCC2(O)CC3. The molecule has 0 aliphatic heterocycles. The minimum atomic E-state index is -1.07. The molecule has 0 radical (unpaired) electrons. The van der Waals surface area contributed by atoms with Crippen molar-refractivity contribution in [3.8, 4) is 5.75 Å². The van der Waals surface area contributed by atoms with Crippen LogP contribution >= 0.6 is 0 Å². The van der Waals surface area contributed by atoms with Gasteiger partial charge < -0.3 is 20.4 Å². The van der Waals surface area contributed by atoms with Crippen molar-refractivity contribution in [1.29, 1.82) is 0 Å². The van der Waals surface area contributed by atoms with Crippen LogP contribution in [0, 0.1) is 16.7 Å². The van der Waals surface area contributed by atoms with Crippen LogP contribution in [0.5, 0.6) is 5.75 Å². The van der Waals surface area contributed by atoms with Crippen LogP contribution < -0.4 is 0 Å². The van der Waals surface area contributed by atoms with E-state index in [2.05, 4.69) is 6.92 Å². The quantitative estimate of drug-likeness (QED) is 0.600. The fourth-order valence-electron chi connectivity index (χ4n) is 8.31. The van der Waals surface area contributed by atoms with Gasteiger partial charge in [0.25, 0.3) is 0 Å². The van der Waals surface area contributed by atoms with Gasteiger partial charge in [0.2, 0.25) is 0 Å². The lowest BCUT2D eigenvalue weighted by atomic mass is 9.47. The summed E-state index contributed by atoms with van der Waals surface area (Å²) in [5.74, 6) is -1.64. The number of benzene rings is 1. The van der Waals surface area contributed by atoms with Crippen molar-refractivity contribution < 1.29 is 30.0 Å². The lowest BCUT2D eigenvalue weighted by molar-refractivity contribution is -0.137. The van der Waals surface area contributed by atoms with Gasteiger partial charge in [0.05, 0.1) is 18.4 Å². The number of aromatic hydroxyl groups is 1. The van der Waals surface area contributed by atoms with E-state index in [-0.39, 0.29) is 40.9 Å². The molecule has 2 bridgehead atoms. The average Bonchev–Trinajstić information content (AvgIpc) is 3.04. The Balaban J connectivity index is 1.66. The lowest BCUT2D eigenvalue weighted by Crippen LogP contribution is -2.52. The largest absolute Gasteiger partial charge is 0.508 e. The predicted molar refractivity (Wildman–Crippen MR) is 109 cm³/mol. The van der Waals surface area contributed by atoms with Crippen molar-refractivity contribution in [2.24, 2.45) is 16.7 Å². The molecule has 0 amide bonds. The number of carbonyl (C=O) groups is 2. The number of hydrogen-bond donors (Lipinski definition) is 4. The van der Waals surface area contributed by atoms with E-state index >= 15 is 0 Å². The summed E-state index contributed by atoms with van der Waals surface area (Å²) in [6, 6.07) is 1.68. The third-order valence-electron chi connectivity index (χ3n) is 9.65. The second-order valence-electron chi connectivity index (χ2n) is 10.4. The van der Waals surface area contributed by atoms with Gasteiger partial charge in [0.1, 0.15) is 5.75 Å². The zero-order chi connectivity index (χ0) is 21.5. The summed E-state index contributed by atoms with van der Waals surface area (Å²) >= 11 is 0. The molecule has 3 atom stereocenters. The Bertz CT molecular complexity index is 942. The third-order valence-corrected chi connectivity index (χ3v) is 9.65. The van der Waals surface area contributed by atoms with Crippen LogP contribution in [0.25, 0.3) is 0 Å². The molecule has 3 saturated carbocycles. The monoisotopic (exact) mass is 414 g/mol. The summed E-state index contributed by atoms with van der Waals surface area (Å²) < 4.78 is 0. The second-order valence-corrected chi connectivity index (χ2v) is 10.4. The highest BCUT2D eigenvalue weighted by Gasteiger charge is 2.73. The van der Waals surface area contributed by atoms with Gasteiger partial charge in [-0.15, -0.1) is 0 Å². The first-order chi connectivity index (χ1) is 14.1. The van der Waals surface area contributed by atoms with Crippen LogP contribution in [0.4, 0.5) is 0 Å². The minimum Gasteiger partial charge on any atom is -0.508 e. The smallest absolute Gasteiger partial charge is 0.307 e. The first-order valence-corrected chi connectivity index (χ1v) is 11.1. The van der Waals surface area contributed by atoms with Crippen LogP contribution in [0.3, 0.4) is 0 Å². The number of carboxylic acids is 2. The molecular weight excluding hydrogens is 384 g/mol. The normalized spacial score (nSPS) is 38.6. The molecule has 6 heteroatoms. The fourth-order valence-corrected chi connectivity index (χ4v) is 8.31. The van der Waals surface area contributed by atoms with Gasteiger partial charge in [-0.3, -0.25) is 9.59 Å². The molecule has 1 aromatic rings. The molecule has 30 heavy (non-hydrogen) atoms. The second kappa shape index (κ2) is 6.22. The van der Waals surface area contributed by atoms with Crippen molar-refractivity contribution in [2.75, 3.05) is 0 Å². The molecule has 3 fully saturated rings. The fraction of sp³-hybridized carbons (Fsp3) is 0.667. The molecule has 5 rings (SSSR count). The summed E-state index contributed by atoms with van der Waals surface area (Å²) in [6.45, 7) is 2.27. The number of phenols is 1. The topological polar surface area (TPSA) is 115 Å². The molecule has 0 heterocycles. The standard InChI is InChI=1S/C24H30O6/c1-22-5-4-14-17(23(22)6-8-24(22,30)9-7-23)3-2-13-10-18(25)15(11-19(26)27)16(21(13)14)12-20(28)29/h10,14,17,25,30H,2-9,11-12H2,1H3,(H,26,27)(H,28,29)/t14-,17+,22-,23?,24?/m0/s1. The molecule has 0 unspecified atom stereocenters. The number of phenolic OH excluding ortho intramolecular Hbond substituents is 1. The summed E-state index contributed by atoms with van der Waals surface area (Å²) in [6.07, 6.45) is 6.62. The average molecular weight is 414 g/mol. The highest BCUT2D eigenvalue weighted by Crippen LogP contribution is 2.77. The van der Waals surface area contributed by atoms with E-state index in [1.54, 1.807) is 6.07 Å². The summed E-state index contributed by atoms with van der Waals surface area (Å²) in [5, 5.41) is 40.8. The van der Waals surface area contributed by atoms with Gasteiger partial charge in [-0.05, 0) is 91.4 Å². The first kappa shape index (κ1) is 19.9. The Morgan fingerprint density at radius 3 is 2.27 bits per heavy atom. The summed E-state index contributed by atoms with van der Waals surface area (Å²) in [7, 11) is 0. The molecule has 0 saturated heterocycles. The number of fused-ring (bicyclic) bond motifs is 3.